The van der Waals surface area contributed by atoms with Crippen LogP contribution in [0.15, 0.2) is 0 Å². The standard InChI is InChI=1S/C15H29NO/c1-11(2)4-7-15(13-5-6-13)16-10-14-8-9-17-12(14)3/h11-16H,4-10H2,1-3H3. The van der Waals surface area contributed by atoms with Gasteiger partial charge in [0.1, 0.15) is 0 Å². The molecule has 1 N–H and O–H groups in total. The number of ether oxygens (including phenoxy) is 1. The molecule has 1 heterocycles. The fourth-order valence-electron chi connectivity index (χ4n) is 2.86. The number of rotatable bonds is 7. The molecule has 1 aliphatic heterocycles. The fraction of sp³-hybridized carbons (Fsp3) is 1.00. The highest BCUT2D eigenvalue weighted by Crippen LogP contribution is 2.35. The highest BCUT2D eigenvalue weighted by molar-refractivity contribution is 4.88. The molecule has 100 valence electrons. The SMILES string of the molecule is CC(C)CCC(NCC1CCOC1C)C1CC1. The largest absolute Gasteiger partial charge is 0.378 e. The zero-order chi connectivity index (χ0) is 12.3. The third-order valence-electron chi connectivity index (χ3n) is 4.42. The van der Waals surface area contributed by atoms with Gasteiger partial charge in [-0.25, -0.2) is 0 Å². The lowest BCUT2D eigenvalue weighted by Gasteiger charge is -2.22. The summed E-state index contributed by atoms with van der Waals surface area (Å²) in [5, 5.41) is 3.83. The molecule has 3 atom stereocenters. The van der Waals surface area contributed by atoms with Crippen molar-refractivity contribution in [2.75, 3.05) is 13.2 Å². The van der Waals surface area contributed by atoms with Crippen LogP contribution in [0.5, 0.6) is 0 Å². The maximum Gasteiger partial charge on any atom is 0.0588 e. The van der Waals surface area contributed by atoms with Gasteiger partial charge in [-0.05, 0) is 56.8 Å². The van der Waals surface area contributed by atoms with Gasteiger partial charge in [-0.2, -0.15) is 0 Å². The Morgan fingerprint density at radius 3 is 2.47 bits per heavy atom. The number of nitrogens with one attached hydrogen (secondary N) is 1. The molecule has 2 heteroatoms. The minimum atomic E-state index is 0.465. The molecule has 1 saturated carbocycles. The molecule has 0 aromatic carbocycles. The highest BCUT2D eigenvalue weighted by atomic mass is 16.5. The van der Waals surface area contributed by atoms with E-state index in [0.717, 1.165) is 30.4 Å². The van der Waals surface area contributed by atoms with Crippen LogP contribution in [0, 0.1) is 17.8 Å². The second-order valence-corrected chi connectivity index (χ2v) is 6.45. The van der Waals surface area contributed by atoms with Gasteiger partial charge in [0.25, 0.3) is 0 Å². The Kier molecular flexibility index (Phi) is 4.87. The topological polar surface area (TPSA) is 21.3 Å². The number of hydrogen-bond donors (Lipinski definition) is 1. The van der Waals surface area contributed by atoms with Crippen LogP contribution in [0.1, 0.15) is 52.9 Å². The van der Waals surface area contributed by atoms with E-state index in [9.17, 15) is 0 Å². The van der Waals surface area contributed by atoms with Gasteiger partial charge in [0.05, 0.1) is 6.10 Å². The summed E-state index contributed by atoms with van der Waals surface area (Å²) in [5.41, 5.74) is 0. The quantitative estimate of drug-likeness (QED) is 0.736. The average molecular weight is 239 g/mol. The van der Waals surface area contributed by atoms with Crippen molar-refractivity contribution in [3.63, 3.8) is 0 Å². The van der Waals surface area contributed by atoms with Crippen molar-refractivity contribution in [2.45, 2.75) is 65.0 Å². The summed E-state index contributed by atoms with van der Waals surface area (Å²) in [6, 6.07) is 0.783. The summed E-state index contributed by atoms with van der Waals surface area (Å²) in [6.07, 6.45) is 7.34. The summed E-state index contributed by atoms with van der Waals surface area (Å²) in [5.74, 6) is 2.56. The first-order valence-electron chi connectivity index (χ1n) is 7.51. The third kappa shape index (κ3) is 4.26. The first-order valence-corrected chi connectivity index (χ1v) is 7.51. The Hall–Kier alpha value is -0.0800. The lowest BCUT2D eigenvalue weighted by molar-refractivity contribution is 0.104. The van der Waals surface area contributed by atoms with Crippen molar-refractivity contribution < 1.29 is 4.74 Å². The summed E-state index contributed by atoms with van der Waals surface area (Å²) < 4.78 is 5.63. The Morgan fingerprint density at radius 2 is 1.94 bits per heavy atom. The van der Waals surface area contributed by atoms with Gasteiger partial charge in [-0.1, -0.05) is 13.8 Å². The van der Waals surface area contributed by atoms with Gasteiger partial charge in [0.2, 0.25) is 0 Å². The van der Waals surface area contributed by atoms with Crippen LogP contribution in [0.4, 0.5) is 0 Å². The normalized spacial score (nSPS) is 31.1. The van der Waals surface area contributed by atoms with E-state index < -0.39 is 0 Å². The average Bonchev–Trinajstić information content (AvgIpc) is 3.03. The van der Waals surface area contributed by atoms with Crippen LogP contribution in [0.25, 0.3) is 0 Å². The van der Waals surface area contributed by atoms with Gasteiger partial charge in [-0.3, -0.25) is 0 Å². The van der Waals surface area contributed by atoms with Gasteiger partial charge >= 0.3 is 0 Å². The van der Waals surface area contributed by atoms with Crippen LogP contribution in [-0.2, 0) is 4.74 Å². The smallest absolute Gasteiger partial charge is 0.0588 e. The molecule has 0 spiro atoms. The first-order chi connectivity index (χ1) is 8.16. The van der Waals surface area contributed by atoms with Gasteiger partial charge in [0, 0.05) is 19.2 Å². The lowest BCUT2D eigenvalue weighted by Crippen LogP contribution is -2.37. The predicted octanol–water partition coefficient (Wildman–Crippen LogP) is 3.22. The Morgan fingerprint density at radius 1 is 1.18 bits per heavy atom. The fourth-order valence-corrected chi connectivity index (χ4v) is 2.86. The summed E-state index contributed by atoms with van der Waals surface area (Å²) in [7, 11) is 0. The molecule has 2 fully saturated rings. The molecule has 3 unspecified atom stereocenters. The summed E-state index contributed by atoms with van der Waals surface area (Å²) in [6.45, 7) is 9.02. The van der Waals surface area contributed by atoms with Gasteiger partial charge < -0.3 is 10.1 Å². The minimum absolute atomic E-state index is 0.465. The molecule has 2 aliphatic rings. The molecule has 0 aromatic rings. The molecule has 0 bridgehead atoms. The molecular formula is C15H29NO. The monoisotopic (exact) mass is 239 g/mol. The van der Waals surface area contributed by atoms with Crippen LogP contribution >= 0.6 is 0 Å². The molecule has 1 aliphatic carbocycles. The molecule has 17 heavy (non-hydrogen) atoms. The minimum Gasteiger partial charge on any atom is -0.378 e. The van der Waals surface area contributed by atoms with E-state index in [-0.39, 0.29) is 0 Å². The third-order valence-corrected chi connectivity index (χ3v) is 4.42. The Bertz CT molecular complexity index is 225. The Labute approximate surface area is 107 Å². The van der Waals surface area contributed by atoms with Crippen molar-refractivity contribution in [3.05, 3.63) is 0 Å². The van der Waals surface area contributed by atoms with Crippen LogP contribution < -0.4 is 5.32 Å². The van der Waals surface area contributed by atoms with Crippen molar-refractivity contribution in [1.29, 1.82) is 0 Å². The van der Waals surface area contributed by atoms with E-state index in [0.29, 0.717) is 6.10 Å². The first kappa shape index (κ1) is 13.4. The van der Waals surface area contributed by atoms with Crippen molar-refractivity contribution in [3.8, 4) is 0 Å². The van der Waals surface area contributed by atoms with Crippen molar-refractivity contribution in [1.82, 2.24) is 5.32 Å². The number of hydrogen-bond acceptors (Lipinski definition) is 2. The van der Waals surface area contributed by atoms with E-state index in [1.165, 1.54) is 38.6 Å². The van der Waals surface area contributed by atoms with E-state index in [2.05, 4.69) is 26.1 Å². The zero-order valence-corrected chi connectivity index (χ0v) is 11.7. The van der Waals surface area contributed by atoms with E-state index >= 15 is 0 Å². The summed E-state index contributed by atoms with van der Waals surface area (Å²) >= 11 is 0. The van der Waals surface area contributed by atoms with Crippen LogP contribution in [-0.4, -0.2) is 25.3 Å². The Balaban J connectivity index is 1.69. The maximum atomic E-state index is 5.63. The van der Waals surface area contributed by atoms with Crippen LogP contribution in [0.2, 0.25) is 0 Å². The molecule has 0 amide bonds. The van der Waals surface area contributed by atoms with E-state index in [1.54, 1.807) is 0 Å². The molecule has 0 aromatic heterocycles. The van der Waals surface area contributed by atoms with E-state index in [1.807, 2.05) is 0 Å². The van der Waals surface area contributed by atoms with Gasteiger partial charge in [0.15, 0.2) is 0 Å². The van der Waals surface area contributed by atoms with Crippen LogP contribution in [0.3, 0.4) is 0 Å². The van der Waals surface area contributed by atoms with Gasteiger partial charge in [-0.15, -0.1) is 0 Å². The predicted molar refractivity (Wildman–Crippen MR) is 72.1 cm³/mol. The van der Waals surface area contributed by atoms with Crippen molar-refractivity contribution >= 4 is 0 Å². The second-order valence-electron chi connectivity index (χ2n) is 6.45. The molecule has 2 rings (SSSR count). The lowest BCUT2D eigenvalue weighted by atomic mass is 9.98. The summed E-state index contributed by atoms with van der Waals surface area (Å²) in [4.78, 5) is 0. The maximum absolute atomic E-state index is 5.63. The highest BCUT2D eigenvalue weighted by Gasteiger charge is 2.32. The zero-order valence-electron chi connectivity index (χ0n) is 11.7. The second kappa shape index (κ2) is 6.19. The molecule has 2 nitrogen and oxygen atoms in total. The molecule has 0 radical (unpaired) electrons. The van der Waals surface area contributed by atoms with Crippen molar-refractivity contribution in [2.24, 2.45) is 17.8 Å². The molecule has 1 saturated heterocycles. The van der Waals surface area contributed by atoms with E-state index in [4.69, 9.17) is 4.74 Å². The molecular weight excluding hydrogens is 210 g/mol.